The van der Waals surface area contributed by atoms with E-state index in [2.05, 4.69) is 4.72 Å². The third-order valence-corrected chi connectivity index (χ3v) is 4.17. The van der Waals surface area contributed by atoms with Crippen LogP contribution in [0.5, 0.6) is 5.75 Å². The van der Waals surface area contributed by atoms with Crippen molar-refractivity contribution in [1.29, 1.82) is 0 Å². The first kappa shape index (κ1) is 16.3. The molecular weight excluding hydrogens is 319 g/mol. The van der Waals surface area contributed by atoms with Gasteiger partial charge in [0, 0.05) is 6.54 Å². The third kappa shape index (κ3) is 3.77. The molecule has 0 radical (unpaired) electrons. The van der Waals surface area contributed by atoms with Crippen LogP contribution in [0.4, 0.5) is 13.2 Å². The molecule has 0 unspecified atom stereocenters. The Balaban J connectivity index is 1.99. The standard InChI is InChI=1S/C14H12F3NO3S/c15-11-6-7-12(14(17)13(11)16)22(19,20)18-8-9-21-10-4-2-1-3-5-10/h1-7,18H,8-9H2. The van der Waals surface area contributed by atoms with Crippen molar-refractivity contribution in [2.75, 3.05) is 13.2 Å². The summed E-state index contributed by atoms with van der Waals surface area (Å²) >= 11 is 0. The largest absolute Gasteiger partial charge is 0.492 e. The second-order valence-electron chi connectivity index (χ2n) is 4.23. The zero-order valence-corrected chi connectivity index (χ0v) is 12.0. The summed E-state index contributed by atoms with van der Waals surface area (Å²) < 4.78 is 70.3. The number of rotatable bonds is 6. The fourth-order valence-electron chi connectivity index (χ4n) is 1.66. The average molecular weight is 331 g/mol. The molecule has 4 nitrogen and oxygen atoms in total. The quantitative estimate of drug-likeness (QED) is 0.653. The normalized spacial score (nSPS) is 11.4. The van der Waals surface area contributed by atoms with Gasteiger partial charge >= 0.3 is 0 Å². The van der Waals surface area contributed by atoms with E-state index in [1.807, 2.05) is 0 Å². The monoisotopic (exact) mass is 331 g/mol. The smallest absolute Gasteiger partial charge is 0.243 e. The molecular formula is C14H12F3NO3S. The highest BCUT2D eigenvalue weighted by atomic mass is 32.2. The summed E-state index contributed by atoms with van der Waals surface area (Å²) in [6.45, 7) is -0.162. The molecule has 0 aliphatic rings. The van der Waals surface area contributed by atoms with Gasteiger partial charge in [0.05, 0.1) is 0 Å². The number of hydrogen-bond acceptors (Lipinski definition) is 3. The Morgan fingerprint density at radius 1 is 0.955 bits per heavy atom. The van der Waals surface area contributed by atoms with E-state index in [1.54, 1.807) is 30.3 Å². The zero-order chi connectivity index (χ0) is 16.2. The Morgan fingerprint density at radius 3 is 2.32 bits per heavy atom. The summed E-state index contributed by atoms with van der Waals surface area (Å²) in [6.07, 6.45) is 0. The summed E-state index contributed by atoms with van der Waals surface area (Å²) in [7, 11) is -4.30. The highest BCUT2D eigenvalue weighted by Gasteiger charge is 2.23. The molecule has 2 aromatic rings. The topological polar surface area (TPSA) is 55.4 Å². The van der Waals surface area contributed by atoms with E-state index in [4.69, 9.17) is 4.74 Å². The van der Waals surface area contributed by atoms with Crippen LogP contribution < -0.4 is 9.46 Å². The van der Waals surface area contributed by atoms with Gasteiger partial charge in [0.2, 0.25) is 10.0 Å². The Hall–Kier alpha value is -2.06. The molecule has 0 spiro atoms. The molecule has 0 bridgehead atoms. The summed E-state index contributed by atoms with van der Waals surface area (Å²) in [4.78, 5) is -0.953. The SMILES string of the molecule is O=S(=O)(NCCOc1ccccc1)c1ccc(F)c(F)c1F. The van der Waals surface area contributed by atoms with Crippen LogP contribution in [0.15, 0.2) is 47.4 Å². The van der Waals surface area contributed by atoms with Gasteiger partial charge in [-0.15, -0.1) is 0 Å². The second kappa shape index (κ2) is 6.80. The van der Waals surface area contributed by atoms with Crippen molar-refractivity contribution in [2.24, 2.45) is 0 Å². The van der Waals surface area contributed by atoms with E-state index < -0.39 is 32.4 Å². The Morgan fingerprint density at radius 2 is 1.64 bits per heavy atom. The fourth-order valence-corrected chi connectivity index (χ4v) is 2.74. The fraction of sp³-hybridized carbons (Fsp3) is 0.143. The molecule has 22 heavy (non-hydrogen) atoms. The third-order valence-electron chi connectivity index (χ3n) is 2.70. The van der Waals surface area contributed by atoms with Crippen molar-refractivity contribution in [1.82, 2.24) is 4.72 Å². The minimum atomic E-state index is -4.30. The second-order valence-corrected chi connectivity index (χ2v) is 5.97. The van der Waals surface area contributed by atoms with E-state index in [9.17, 15) is 21.6 Å². The first-order valence-corrected chi connectivity index (χ1v) is 7.71. The molecule has 0 amide bonds. The summed E-state index contributed by atoms with van der Waals surface area (Å²) in [5.41, 5.74) is 0. The van der Waals surface area contributed by atoms with Crippen molar-refractivity contribution in [3.63, 3.8) is 0 Å². The van der Waals surface area contributed by atoms with Crippen LogP contribution in [0.25, 0.3) is 0 Å². The van der Waals surface area contributed by atoms with Crippen LogP contribution in [-0.2, 0) is 10.0 Å². The van der Waals surface area contributed by atoms with Gasteiger partial charge in [-0.25, -0.2) is 26.3 Å². The van der Waals surface area contributed by atoms with E-state index in [1.165, 1.54) is 0 Å². The maximum absolute atomic E-state index is 13.5. The number of sulfonamides is 1. The van der Waals surface area contributed by atoms with Gasteiger partial charge in [0.25, 0.3) is 0 Å². The number of para-hydroxylation sites is 1. The Labute approximate surface area is 125 Å². The van der Waals surface area contributed by atoms with Crippen molar-refractivity contribution < 1.29 is 26.3 Å². The van der Waals surface area contributed by atoms with Gasteiger partial charge in [-0.1, -0.05) is 18.2 Å². The van der Waals surface area contributed by atoms with Crippen LogP contribution in [0.2, 0.25) is 0 Å². The predicted octanol–water partition coefficient (Wildman–Crippen LogP) is 2.46. The van der Waals surface area contributed by atoms with Gasteiger partial charge in [-0.3, -0.25) is 0 Å². The molecule has 0 saturated carbocycles. The lowest BCUT2D eigenvalue weighted by Gasteiger charge is -2.09. The Bertz CT molecular complexity index is 751. The maximum atomic E-state index is 13.5. The summed E-state index contributed by atoms with van der Waals surface area (Å²) in [5.74, 6) is -4.50. The highest BCUT2D eigenvalue weighted by Crippen LogP contribution is 2.19. The van der Waals surface area contributed by atoms with Gasteiger partial charge < -0.3 is 4.74 Å². The van der Waals surface area contributed by atoms with Crippen LogP contribution in [0.3, 0.4) is 0 Å². The molecule has 1 N–H and O–H groups in total. The van der Waals surface area contributed by atoms with Crippen LogP contribution in [0, 0.1) is 17.5 Å². The van der Waals surface area contributed by atoms with Crippen LogP contribution >= 0.6 is 0 Å². The maximum Gasteiger partial charge on any atom is 0.243 e. The number of benzene rings is 2. The number of hydrogen-bond donors (Lipinski definition) is 1. The molecule has 118 valence electrons. The highest BCUT2D eigenvalue weighted by molar-refractivity contribution is 7.89. The first-order chi connectivity index (χ1) is 10.4. The lowest BCUT2D eigenvalue weighted by molar-refractivity contribution is 0.322. The van der Waals surface area contributed by atoms with E-state index in [-0.39, 0.29) is 13.2 Å². The first-order valence-electron chi connectivity index (χ1n) is 6.23. The molecule has 0 aliphatic carbocycles. The lowest BCUT2D eigenvalue weighted by Crippen LogP contribution is -2.29. The molecule has 8 heteroatoms. The molecule has 0 fully saturated rings. The van der Waals surface area contributed by atoms with Crippen LogP contribution in [0.1, 0.15) is 0 Å². The average Bonchev–Trinajstić information content (AvgIpc) is 2.50. The number of ether oxygens (including phenoxy) is 1. The van der Waals surface area contributed by atoms with Crippen molar-refractivity contribution in [2.45, 2.75) is 4.90 Å². The van der Waals surface area contributed by atoms with Crippen molar-refractivity contribution in [3.8, 4) is 5.75 Å². The zero-order valence-electron chi connectivity index (χ0n) is 11.2. The molecule has 0 aromatic heterocycles. The Kier molecular flexibility index (Phi) is 5.04. The van der Waals surface area contributed by atoms with E-state index in [0.29, 0.717) is 17.9 Å². The summed E-state index contributed by atoms with van der Waals surface area (Å²) in [6, 6.07) is 9.86. The minimum Gasteiger partial charge on any atom is -0.492 e. The molecule has 0 saturated heterocycles. The van der Waals surface area contributed by atoms with E-state index >= 15 is 0 Å². The number of halogens is 3. The van der Waals surface area contributed by atoms with Gasteiger partial charge in [0.1, 0.15) is 17.3 Å². The predicted molar refractivity (Wildman–Crippen MR) is 73.4 cm³/mol. The molecule has 2 aromatic carbocycles. The molecule has 0 aliphatic heterocycles. The summed E-state index contributed by atoms with van der Waals surface area (Å²) in [5, 5.41) is 0. The van der Waals surface area contributed by atoms with Crippen molar-refractivity contribution in [3.05, 3.63) is 59.9 Å². The van der Waals surface area contributed by atoms with Crippen LogP contribution in [-0.4, -0.2) is 21.6 Å². The number of nitrogens with one attached hydrogen (secondary N) is 1. The van der Waals surface area contributed by atoms with Gasteiger partial charge in [-0.2, -0.15) is 0 Å². The van der Waals surface area contributed by atoms with E-state index in [0.717, 1.165) is 0 Å². The van der Waals surface area contributed by atoms with Gasteiger partial charge in [-0.05, 0) is 24.3 Å². The molecule has 0 heterocycles. The minimum absolute atomic E-state index is 0.00542. The molecule has 0 atom stereocenters. The van der Waals surface area contributed by atoms with Gasteiger partial charge in [0.15, 0.2) is 17.5 Å². The lowest BCUT2D eigenvalue weighted by atomic mass is 10.3. The van der Waals surface area contributed by atoms with Crippen molar-refractivity contribution >= 4 is 10.0 Å². The molecule has 2 rings (SSSR count).